The maximum Gasteiger partial charge on any atom is 0.142 e. The lowest BCUT2D eigenvalue weighted by molar-refractivity contribution is -0.104. The van der Waals surface area contributed by atoms with E-state index in [1.807, 2.05) is 6.08 Å². The zero-order valence-electron chi connectivity index (χ0n) is 10.7. The van der Waals surface area contributed by atoms with Crippen molar-refractivity contribution in [3.63, 3.8) is 0 Å². The Hall–Kier alpha value is -0.850. The SMILES string of the molecule is CCCCCCCCCC/C=C\C=C\C=O. The molecule has 1 heteroatoms. The molecule has 0 unspecified atom stereocenters. The molecule has 92 valence electrons. The first-order chi connectivity index (χ1) is 7.91. The normalized spacial score (nSPS) is 11.6. The fourth-order valence-corrected chi connectivity index (χ4v) is 1.68. The summed E-state index contributed by atoms with van der Waals surface area (Å²) >= 11 is 0. The highest BCUT2D eigenvalue weighted by Crippen LogP contribution is 2.09. The number of aldehydes is 1. The second kappa shape index (κ2) is 14.2. The molecule has 0 aromatic rings. The molecule has 0 spiro atoms. The Balaban J connectivity index is 3.06. The molecule has 0 amide bonds. The molecule has 0 aromatic heterocycles. The summed E-state index contributed by atoms with van der Waals surface area (Å²) in [7, 11) is 0. The fraction of sp³-hybridized carbons (Fsp3) is 0.667. The van der Waals surface area contributed by atoms with Gasteiger partial charge in [-0.15, -0.1) is 0 Å². The molecular weight excluding hydrogens is 196 g/mol. The maximum atomic E-state index is 9.97. The van der Waals surface area contributed by atoms with Crippen molar-refractivity contribution in [1.82, 2.24) is 0 Å². The van der Waals surface area contributed by atoms with E-state index >= 15 is 0 Å². The standard InChI is InChI=1S/C15H26O/c1-2-3-4-5-6-7-8-9-10-11-12-13-14-15-16/h11-15H,2-10H2,1H3/b12-11-,14-13+. The van der Waals surface area contributed by atoms with Gasteiger partial charge in [-0.1, -0.05) is 70.1 Å². The van der Waals surface area contributed by atoms with E-state index in [-0.39, 0.29) is 0 Å². The first kappa shape index (κ1) is 15.2. The number of unbranched alkanes of at least 4 members (excludes halogenated alkanes) is 8. The zero-order chi connectivity index (χ0) is 11.9. The van der Waals surface area contributed by atoms with E-state index in [2.05, 4.69) is 13.0 Å². The van der Waals surface area contributed by atoms with E-state index in [1.165, 1.54) is 57.4 Å². The summed E-state index contributed by atoms with van der Waals surface area (Å²) in [5.41, 5.74) is 0. The van der Waals surface area contributed by atoms with Gasteiger partial charge in [0.1, 0.15) is 6.29 Å². The number of carbonyl (C=O) groups excluding carboxylic acids is 1. The van der Waals surface area contributed by atoms with Gasteiger partial charge in [0.2, 0.25) is 0 Å². The van der Waals surface area contributed by atoms with Gasteiger partial charge in [-0.2, -0.15) is 0 Å². The molecule has 0 atom stereocenters. The van der Waals surface area contributed by atoms with Crippen molar-refractivity contribution in [2.75, 3.05) is 0 Å². The van der Waals surface area contributed by atoms with Gasteiger partial charge >= 0.3 is 0 Å². The van der Waals surface area contributed by atoms with E-state index < -0.39 is 0 Å². The van der Waals surface area contributed by atoms with Crippen molar-refractivity contribution >= 4 is 6.29 Å². The molecule has 0 saturated heterocycles. The van der Waals surface area contributed by atoms with Gasteiger partial charge in [0.05, 0.1) is 0 Å². The first-order valence-corrected chi connectivity index (χ1v) is 6.68. The molecule has 0 radical (unpaired) electrons. The Bertz CT molecular complexity index is 192. The quantitative estimate of drug-likeness (QED) is 0.212. The van der Waals surface area contributed by atoms with Crippen LogP contribution < -0.4 is 0 Å². The predicted molar refractivity (Wildman–Crippen MR) is 71.6 cm³/mol. The minimum absolute atomic E-state index is 0.806. The Labute approximate surface area is 101 Å². The third-order valence-corrected chi connectivity index (χ3v) is 2.66. The highest BCUT2D eigenvalue weighted by atomic mass is 16.1. The van der Waals surface area contributed by atoms with Gasteiger partial charge < -0.3 is 0 Å². The molecule has 0 aromatic carbocycles. The lowest BCUT2D eigenvalue weighted by Gasteiger charge is -1.99. The fourth-order valence-electron chi connectivity index (χ4n) is 1.68. The second-order valence-electron chi connectivity index (χ2n) is 4.21. The molecular formula is C15H26O. The summed E-state index contributed by atoms with van der Waals surface area (Å²) in [5.74, 6) is 0. The van der Waals surface area contributed by atoms with Gasteiger partial charge in [-0.3, -0.25) is 4.79 Å². The third kappa shape index (κ3) is 13.2. The van der Waals surface area contributed by atoms with Crippen molar-refractivity contribution in [3.05, 3.63) is 24.3 Å². The van der Waals surface area contributed by atoms with Crippen LogP contribution in [0.1, 0.15) is 64.7 Å². The Morgan fingerprint density at radius 2 is 1.38 bits per heavy atom. The summed E-state index contributed by atoms with van der Waals surface area (Å²) in [6.07, 6.45) is 20.3. The molecule has 0 aliphatic heterocycles. The van der Waals surface area contributed by atoms with E-state index in [0.29, 0.717) is 0 Å². The second-order valence-corrected chi connectivity index (χ2v) is 4.21. The molecule has 0 rings (SSSR count). The molecule has 0 saturated carbocycles. The first-order valence-electron chi connectivity index (χ1n) is 6.68. The van der Waals surface area contributed by atoms with Gasteiger partial charge in [0, 0.05) is 0 Å². The van der Waals surface area contributed by atoms with Gasteiger partial charge in [0.25, 0.3) is 0 Å². The maximum absolute atomic E-state index is 9.97. The highest BCUT2D eigenvalue weighted by Gasteiger charge is 1.89. The van der Waals surface area contributed by atoms with Crippen LogP contribution in [-0.2, 0) is 4.79 Å². The van der Waals surface area contributed by atoms with Crippen LogP contribution in [0, 0.1) is 0 Å². The summed E-state index contributed by atoms with van der Waals surface area (Å²) < 4.78 is 0. The molecule has 0 bridgehead atoms. The number of allylic oxidation sites excluding steroid dienone is 4. The largest absolute Gasteiger partial charge is 0.299 e. The van der Waals surface area contributed by atoms with Crippen LogP contribution in [0.3, 0.4) is 0 Å². The zero-order valence-corrected chi connectivity index (χ0v) is 10.7. The lowest BCUT2D eigenvalue weighted by atomic mass is 10.1. The summed E-state index contributed by atoms with van der Waals surface area (Å²) in [6, 6.07) is 0. The predicted octanol–water partition coefficient (Wildman–Crippen LogP) is 4.83. The van der Waals surface area contributed by atoms with Crippen LogP contribution in [0.5, 0.6) is 0 Å². The van der Waals surface area contributed by atoms with E-state index in [9.17, 15) is 4.79 Å². The topological polar surface area (TPSA) is 17.1 Å². The lowest BCUT2D eigenvalue weighted by Crippen LogP contribution is -1.79. The molecule has 0 fully saturated rings. The van der Waals surface area contributed by atoms with Crippen molar-refractivity contribution in [3.8, 4) is 0 Å². The van der Waals surface area contributed by atoms with Gasteiger partial charge in [-0.05, 0) is 18.9 Å². The van der Waals surface area contributed by atoms with Crippen LogP contribution in [0.15, 0.2) is 24.3 Å². The van der Waals surface area contributed by atoms with Crippen LogP contribution in [0.4, 0.5) is 0 Å². The molecule has 1 nitrogen and oxygen atoms in total. The number of hydrogen-bond acceptors (Lipinski definition) is 1. The van der Waals surface area contributed by atoms with E-state index in [1.54, 1.807) is 6.08 Å². The van der Waals surface area contributed by atoms with E-state index in [0.717, 1.165) is 12.7 Å². The van der Waals surface area contributed by atoms with Crippen molar-refractivity contribution < 1.29 is 4.79 Å². The molecule has 0 heterocycles. The summed E-state index contributed by atoms with van der Waals surface area (Å²) in [6.45, 7) is 2.26. The summed E-state index contributed by atoms with van der Waals surface area (Å²) in [5, 5.41) is 0. The Morgan fingerprint density at radius 3 is 2.00 bits per heavy atom. The van der Waals surface area contributed by atoms with Crippen LogP contribution in [-0.4, -0.2) is 6.29 Å². The highest BCUT2D eigenvalue weighted by molar-refractivity contribution is 5.65. The average Bonchev–Trinajstić information content (AvgIpc) is 2.31. The Morgan fingerprint density at radius 1 is 0.750 bits per heavy atom. The number of hydrogen-bond donors (Lipinski definition) is 0. The monoisotopic (exact) mass is 222 g/mol. The molecule has 0 aliphatic carbocycles. The number of carbonyl (C=O) groups is 1. The summed E-state index contributed by atoms with van der Waals surface area (Å²) in [4.78, 5) is 9.97. The van der Waals surface area contributed by atoms with Gasteiger partial charge in [-0.25, -0.2) is 0 Å². The minimum atomic E-state index is 0.806. The smallest absolute Gasteiger partial charge is 0.142 e. The van der Waals surface area contributed by atoms with E-state index in [4.69, 9.17) is 0 Å². The van der Waals surface area contributed by atoms with Crippen LogP contribution in [0.25, 0.3) is 0 Å². The van der Waals surface area contributed by atoms with Crippen molar-refractivity contribution in [2.24, 2.45) is 0 Å². The minimum Gasteiger partial charge on any atom is -0.299 e. The third-order valence-electron chi connectivity index (χ3n) is 2.66. The molecule has 0 N–H and O–H groups in total. The van der Waals surface area contributed by atoms with Crippen LogP contribution >= 0.6 is 0 Å². The number of rotatable bonds is 11. The van der Waals surface area contributed by atoms with Crippen LogP contribution in [0.2, 0.25) is 0 Å². The Kier molecular flexibility index (Phi) is 13.4. The molecule has 0 aliphatic rings. The van der Waals surface area contributed by atoms with Gasteiger partial charge in [0.15, 0.2) is 0 Å². The average molecular weight is 222 g/mol. The van der Waals surface area contributed by atoms with Crippen molar-refractivity contribution in [2.45, 2.75) is 64.7 Å². The molecule has 16 heavy (non-hydrogen) atoms. The van der Waals surface area contributed by atoms with Crippen molar-refractivity contribution in [1.29, 1.82) is 0 Å².